The van der Waals surface area contributed by atoms with Crippen LogP contribution in [0.1, 0.15) is 36.9 Å². The molecule has 1 aliphatic heterocycles. The van der Waals surface area contributed by atoms with Crippen LogP contribution in [0.2, 0.25) is 0 Å². The van der Waals surface area contributed by atoms with Crippen LogP contribution in [0.5, 0.6) is 11.5 Å². The highest BCUT2D eigenvalue weighted by Crippen LogP contribution is 2.39. The Hall–Kier alpha value is -1.22. The molecule has 1 fully saturated rings. The summed E-state index contributed by atoms with van der Waals surface area (Å²) in [4.78, 5) is 0. The molecule has 1 heterocycles. The second-order valence-corrected chi connectivity index (χ2v) is 5.34. The van der Waals surface area contributed by atoms with Crippen LogP contribution in [0.15, 0.2) is 12.1 Å². The van der Waals surface area contributed by atoms with E-state index in [1.165, 1.54) is 24.0 Å². The second kappa shape index (κ2) is 4.81. The molecule has 1 unspecified atom stereocenters. The molecular formula is C15H21NO2. The third-order valence-electron chi connectivity index (χ3n) is 3.93. The summed E-state index contributed by atoms with van der Waals surface area (Å²) in [7, 11) is 1.74. The van der Waals surface area contributed by atoms with Crippen molar-refractivity contribution in [2.75, 3.05) is 20.3 Å². The minimum absolute atomic E-state index is 0.403. The number of benzene rings is 1. The van der Waals surface area contributed by atoms with Crippen LogP contribution in [0.4, 0.5) is 0 Å². The van der Waals surface area contributed by atoms with Crippen molar-refractivity contribution in [2.45, 2.75) is 32.2 Å². The van der Waals surface area contributed by atoms with Gasteiger partial charge in [-0.05, 0) is 50.3 Å². The number of fused-ring (bicyclic) bond motifs is 1. The minimum atomic E-state index is 0.403. The van der Waals surface area contributed by atoms with Crippen LogP contribution < -0.4 is 14.8 Å². The smallest absolute Gasteiger partial charge is 0.164 e. The summed E-state index contributed by atoms with van der Waals surface area (Å²) in [6.45, 7) is 4.04. The first-order chi connectivity index (χ1) is 8.79. The van der Waals surface area contributed by atoms with Gasteiger partial charge in [0.1, 0.15) is 0 Å². The van der Waals surface area contributed by atoms with Crippen molar-refractivity contribution in [3.8, 4) is 11.5 Å². The molecule has 1 aromatic rings. The van der Waals surface area contributed by atoms with E-state index < -0.39 is 0 Å². The largest absolute Gasteiger partial charge is 0.493 e. The van der Waals surface area contributed by atoms with E-state index in [9.17, 15) is 0 Å². The summed E-state index contributed by atoms with van der Waals surface area (Å²) in [6.07, 6.45) is 3.64. The Morgan fingerprint density at radius 3 is 2.89 bits per heavy atom. The van der Waals surface area contributed by atoms with Gasteiger partial charge in [0.25, 0.3) is 0 Å². The molecule has 98 valence electrons. The molecule has 18 heavy (non-hydrogen) atoms. The average Bonchev–Trinajstić information content (AvgIpc) is 3.20. The Balaban J connectivity index is 1.89. The van der Waals surface area contributed by atoms with E-state index in [1.54, 1.807) is 7.11 Å². The molecule has 1 aromatic carbocycles. The number of ether oxygens (including phenoxy) is 2. The summed E-state index contributed by atoms with van der Waals surface area (Å²) >= 11 is 0. The lowest BCUT2D eigenvalue weighted by Crippen LogP contribution is -2.28. The highest BCUT2D eigenvalue weighted by atomic mass is 16.5. The van der Waals surface area contributed by atoms with Crippen molar-refractivity contribution in [3.05, 3.63) is 23.3 Å². The van der Waals surface area contributed by atoms with Crippen molar-refractivity contribution in [1.82, 2.24) is 5.32 Å². The molecule has 0 aromatic heterocycles. The third-order valence-corrected chi connectivity index (χ3v) is 3.93. The Bertz CT molecular complexity index is 440. The van der Waals surface area contributed by atoms with Gasteiger partial charge in [0.15, 0.2) is 11.5 Å². The molecule has 0 saturated heterocycles. The monoisotopic (exact) mass is 247 g/mol. The zero-order valence-electron chi connectivity index (χ0n) is 11.2. The molecule has 3 nitrogen and oxygen atoms in total. The zero-order valence-corrected chi connectivity index (χ0v) is 11.2. The van der Waals surface area contributed by atoms with Gasteiger partial charge in [-0.15, -0.1) is 0 Å². The summed E-state index contributed by atoms with van der Waals surface area (Å²) in [6, 6.07) is 4.64. The fraction of sp³-hybridized carbons (Fsp3) is 0.600. The first kappa shape index (κ1) is 11.8. The lowest BCUT2D eigenvalue weighted by Gasteiger charge is -2.26. The van der Waals surface area contributed by atoms with Gasteiger partial charge in [-0.2, -0.15) is 0 Å². The quantitative estimate of drug-likeness (QED) is 0.887. The molecule has 3 rings (SSSR count). The summed E-state index contributed by atoms with van der Waals surface area (Å²) < 4.78 is 11.5. The standard InChI is InChI=1S/C15H21NO2/c1-10-12-5-6-14(18-9-11-3-4-11)15(17-2)13(12)7-8-16-10/h5-6,10-11,16H,3-4,7-9H2,1-2H3. The normalized spacial score (nSPS) is 22.4. The Labute approximate surface area is 108 Å². The lowest BCUT2D eigenvalue weighted by atomic mass is 9.94. The molecule has 0 bridgehead atoms. The number of nitrogens with one attached hydrogen (secondary N) is 1. The van der Waals surface area contributed by atoms with Crippen LogP contribution in [-0.4, -0.2) is 20.3 Å². The van der Waals surface area contributed by atoms with E-state index >= 15 is 0 Å². The SMILES string of the molecule is COc1c(OCC2CC2)ccc2c1CCNC2C. The molecule has 3 heteroatoms. The van der Waals surface area contributed by atoms with Crippen molar-refractivity contribution in [3.63, 3.8) is 0 Å². The van der Waals surface area contributed by atoms with Crippen LogP contribution in [-0.2, 0) is 6.42 Å². The van der Waals surface area contributed by atoms with Gasteiger partial charge < -0.3 is 14.8 Å². The fourth-order valence-corrected chi connectivity index (χ4v) is 2.64. The number of rotatable bonds is 4. The van der Waals surface area contributed by atoms with E-state index in [2.05, 4.69) is 24.4 Å². The molecule has 0 radical (unpaired) electrons. The van der Waals surface area contributed by atoms with E-state index in [0.717, 1.165) is 37.0 Å². The topological polar surface area (TPSA) is 30.5 Å². The maximum atomic E-state index is 5.91. The highest BCUT2D eigenvalue weighted by molar-refractivity contribution is 5.52. The predicted molar refractivity (Wildman–Crippen MR) is 71.3 cm³/mol. The lowest BCUT2D eigenvalue weighted by molar-refractivity contribution is 0.278. The van der Waals surface area contributed by atoms with E-state index in [-0.39, 0.29) is 0 Å². The third kappa shape index (κ3) is 2.19. The Morgan fingerprint density at radius 1 is 1.33 bits per heavy atom. The van der Waals surface area contributed by atoms with Gasteiger partial charge in [-0.25, -0.2) is 0 Å². The predicted octanol–water partition coefficient (Wildman–Crippen LogP) is 2.69. The van der Waals surface area contributed by atoms with Crippen LogP contribution in [0.3, 0.4) is 0 Å². The summed E-state index contributed by atoms with van der Waals surface area (Å²) in [5.74, 6) is 2.63. The van der Waals surface area contributed by atoms with Crippen LogP contribution in [0.25, 0.3) is 0 Å². The number of methoxy groups -OCH3 is 1. The molecule has 0 spiro atoms. The van der Waals surface area contributed by atoms with Crippen LogP contribution >= 0.6 is 0 Å². The second-order valence-electron chi connectivity index (χ2n) is 5.34. The van der Waals surface area contributed by atoms with Crippen molar-refractivity contribution in [1.29, 1.82) is 0 Å². The Kier molecular flexibility index (Phi) is 3.16. The maximum absolute atomic E-state index is 5.91. The maximum Gasteiger partial charge on any atom is 0.164 e. The summed E-state index contributed by atoms with van der Waals surface area (Å²) in [5, 5.41) is 3.47. The number of hydrogen-bond donors (Lipinski definition) is 1. The van der Waals surface area contributed by atoms with E-state index in [1.807, 2.05) is 0 Å². The average molecular weight is 247 g/mol. The molecule has 2 aliphatic rings. The van der Waals surface area contributed by atoms with Gasteiger partial charge in [0.05, 0.1) is 13.7 Å². The molecular weight excluding hydrogens is 226 g/mol. The zero-order chi connectivity index (χ0) is 12.5. The molecule has 1 atom stereocenters. The van der Waals surface area contributed by atoms with Crippen molar-refractivity contribution in [2.24, 2.45) is 5.92 Å². The summed E-state index contributed by atoms with van der Waals surface area (Å²) in [5.41, 5.74) is 2.66. The molecule has 1 saturated carbocycles. The Morgan fingerprint density at radius 2 is 2.17 bits per heavy atom. The number of hydrogen-bond acceptors (Lipinski definition) is 3. The highest BCUT2D eigenvalue weighted by Gasteiger charge is 2.25. The van der Waals surface area contributed by atoms with E-state index in [0.29, 0.717) is 6.04 Å². The fourth-order valence-electron chi connectivity index (χ4n) is 2.64. The molecule has 0 amide bonds. The van der Waals surface area contributed by atoms with Crippen molar-refractivity contribution >= 4 is 0 Å². The first-order valence-corrected chi connectivity index (χ1v) is 6.85. The van der Waals surface area contributed by atoms with Gasteiger partial charge >= 0.3 is 0 Å². The van der Waals surface area contributed by atoms with Crippen LogP contribution in [0, 0.1) is 5.92 Å². The van der Waals surface area contributed by atoms with Crippen molar-refractivity contribution < 1.29 is 9.47 Å². The van der Waals surface area contributed by atoms with Gasteiger partial charge in [0, 0.05) is 11.6 Å². The van der Waals surface area contributed by atoms with Gasteiger partial charge in [-0.3, -0.25) is 0 Å². The van der Waals surface area contributed by atoms with E-state index in [4.69, 9.17) is 9.47 Å². The molecule has 1 aliphatic carbocycles. The minimum Gasteiger partial charge on any atom is -0.493 e. The molecule has 1 N–H and O–H groups in total. The van der Waals surface area contributed by atoms with Gasteiger partial charge in [-0.1, -0.05) is 6.07 Å². The van der Waals surface area contributed by atoms with Gasteiger partial charge in [0.2, 0.25) is 0 Å². The first-order valence-electron chi connectivity index (χ1n) is 6.85.